The maximum atomic E-state index is 13.0. The van der Waals surface area contributed by atoms with E-state index in [9.17, 15) is 4.79 Å². The number of piperidine rings is 1. The molecule has 2 heterocycles. The van der Waals surface area contributed by atoms with Crippen molar-refractivity contribution in [3.63, 3.8) is 0 Å². The van der Waals surface area contributed by atoms with Crippen LogP contribution in [0, 0.1) is 11.3 Å². The minimum Gasteiger partial charge on any atom is -0.372 e. The summed E-state index contributed by atoms with van der Waals surface area (Å²) in [6.07, 6.45) is 6.23. The van der Waals surface area contributed by atoms with Gasteiger partial charge in [0.1, 0.15) is 0 Å². The smallest absolute Gasteiger partial charge is 0.226 e. The van der Waals surface area contributed by atoms with E-state index >= 15 is 0 Å². The molecule has 3 fully saturated rings. The highest BCUT2D eigenvalue weighted by Crippen LogP contribution is 2.60. The maximum absolute atomic E-state index is 13.0. The molecule has 2 aliphatic heterocycles. The van der Waals surface area contributed by atoms with Gasteiger partial charge in [0, 0.05) is 19.0 Å². The Morgan fingerprint density at radius 1 is 1.11 bits per heavy atom. The van der Waals surface area contributed by atoms with Gasteiger partial charge in [-0.05, 0) is 76.6 Å². The highest BCUT2D eigenvalue weighted by Gasteiger charge is 2.59. The molecule has 1 saturated carbocycles. The maximum Gasteiger partial charge on any atom is 0.226 e. The van der Waals surface area contributed by atoms with Crippen LogP contribution in [-0.4, -0.2) is 60.6 Å². The summed E-state index contributed by atoms with van der Waals surface area (Å²) >= 11 is 0. The predicted octanol–water partition coefficient (Wildman–Crippen LogP) is 3.36. The van der Waals surface area contributed by atoms with Crippen molar-refractivity contribution in [3.05, 3.63) is 35.9 Å². The van der Waals surface area contributed by atoms with Gasteiger partial charge >= 0.3 is 0 Å². The third-order valence-electron chi connectivity index (χ3n) is 6.85. The van der Waals surface area contributed by atoms with Crippen molar-refractivity contribution < 1.29 is 9.53 Å². The summed E-state index contributed by atoms with van der Waals surface area (Å²) in [6, 6.07) is 10.8. The molecule has 1 unspecified atom stereocenters. The number of amides is 1. The van der Waals surface area contributed by atoms with E-state index in [1.54, 1.807) is 0 Å². The standard InChI is InChI=1S/C23H34N2O2/c1-18-16-25(17-19(2)27-18)22(26)21-15-23(21)10-13-24(14-11-23)12-6-9-20-7-4-3-5-8-20/h3-5,7-8,18-19,21H,6,9-17H2,1-2H3/t18-,19+,21?. The lowest BCUT2D eigenvalue weighted by Gasteiger charge is -2.37. The second-order valence-electron chi connectivity index (χ2n) is 9.05. The number of benzene rings is 1. The van der Waals surface area contributed by atoms with Crippen molar-refractivity contribution in [2.45, 2.75) is 58.2 Å². The first-order chi connectivity index (χ1) is 13.1. The molecule has 4 nitrogen and oxygen atoms in total. The van der Waals surface area contributed by atoms with Gasteiger partial charge in [0.25, 0.3) is 0 Å². The van der Waals surface area contributed by atoms with Gasteiger partial charge in [-0.25, -0.2) is 0 Å². The van der Waals surface area contributed by atoms with E-state index in [0.29, 0.717) is 11.3 Å². The van der Waals surface area contributed by atoms with E-state index < -0.39 is 0 Å². The number of aryl methyl sites for hydroxylation is 1. The van der Waals surface area contributed by atoms with E-state index in [-0.39, 0.29) is 18.1 Å². The molecule has 3 aliphatic rings. The highest BCUT2D eigenvalue weighted by molar-refractivity contribution is 5.83. The Bertz CT molecular complexity index is 629. The van der Waals surface area contributed by atoms with Crippen molar-refractivity contribution in [3.8, 4) is 0 Å². The molecule has 0 N–H and O–H groups in total. The van der Waals surface area contributed by atoms with Gasteiger partial charge in [-0.2, -0.15) is 0 Å². The molecular weight excluding hydrogens is 336 g/mol. The Morgan fingerprint density at radius 3 is 2.44 bits per heavy atom. The molecule has 0 bridgehead atoms. The Labute approximate surface area is 163 Å². The van der Waals surface area contributed by atoms with Crippen LogP contribution in [0.4, 0.5) is 0 Å². The van der Waals surface area contributed by atoms with Crippen LogP contribution in [0.5, 0.6) is 0 Å². The fourth-order valence-corrected chi connectivity index (χ4v) is 5.20. The zero-order valence-corrected chi connectivity index (χ0v) is 16.9. The summed E-state index contributed by atoms with van der Waals surface area (Å²) in [7, 11) is 0. The number of nitrogens with zero attached hydrogens (tertiary/aromatic N) is 2. The molecule has 0 aromatic heterocycles. The second-order valence-corrected chi connectivity index (χ2v) is 9.05. The Hall–Kier alpha value is -1.39. The molecule has 4 heteroatoms. The number of morpholine rings is 1. The molecule has 1 aromatic rings. The van der Waals surface area contributed by atoms with Crippen LogP contribution in [0.25, 0.3) is 0 Å². The normalized spacial score (nSPS) is 30.4. The van der Waals surface area contributed by atoms with Crippen LogP contribution in [0.3, 0.4) is 0 Å². The van der Waals surface area contributed by atoms with Gasteiger partial charge < -0.3 is 14.5 Å². The summed E-state index contributed by atoms with van der Waals surface area (Å²) in [5.41, 5.74) is 1.76. The molecular formula is C23H34N2O2. The molecule has 2 saturated heterocycles. The van der Waals surface area contributed by atoms with Crippen molar-refractivity contribution in [2.75, 3.05) is 32.7 Å². The Morgan fingerprint density at radius 2 is 1.78 bits per heavy atom. The molecule has 1 spiro atoms. The largest absolute Gasteiger partial charge is 0.372 e. The van der Waals surface area contributed by atoms with E-state index in [4.69, 9.17) is 4.74 Å². The van der Waals surface area contributed by atoms with Crippen LogP contribution in [-0.2, 0) is 16.0 Å². The summed E-state index contributed by atoms with van der Waals surface area (Å²) in [4.78, 5) is 17.7. The zero-order valence-electron chi connectivity index (χ0n) is 16.9. The lowest BCUT2D eigenvalue weighted by molar-refractivity contribution is -0.145. The predicted molar refractivity (Wildman–Crippen MR) is 108 cm³/mol. The van der Waals surface area contributed by atoms with E-state index in [1.165, 1.54) is 31.4 Å². The molecule has 1 aliphatic carbocycles. The number of hydrogen-bond donors (Lipinski definition) is 0. The molecule has 1 amide bonds. The third-order valence-corrected chi connectivity index (χ3v) is 6.85. The zero-order chi connectivity index (χ0) is 18.9. The quantitative estimate of drug-likeness (QED) is 0.797. The fourth-order valence-electron chi connectivity index (χ4n) is 5.20. The van der Waals surface area contributed by atoms with Gasteiger partial charge in [-0.1, -0.05) is 30.3 Å². The monoisotopic (exact) mass is 370 g/mol. The average molecular weight is 371 g/mol. The number of likely N-dealkylation sites (tertiary alicyclic amines) is 1. The van der Waals surface area contributed by atoms with Crippen LogP contribution < -0.4 is 0 Å². The average Bonchev–Trinajstić information content (AvgIpc) is 3.36. The number of carbonyl (C=O) groups excluding carboxylic acids is 1. The first-order valence-corrected chi connectivity index (χ1v) is 10.8. The lowest BCUT2D eigenvalue weighted by Crippen LogP contribution is -2.49. The van der Waals surface area contributed by atoms with Crippen molar-refractivity contribution in [1.29, 1.82) is 0 Å². The van der Waals surface area contributed by atoms with Crippen molar-refractivity contribution >= 4 is 5.91 Å². The van der Waals surface area contributed by atoms with Crippen LogP contribution in [0.1, 0.15) is 45.1 Å². The van der Waals surface area contributed by atoms with E-state index in [0.717, 1.165) is 39.0 Å². The Balaban J connectivity index is 1.21. The SMILES string of the molecule is C[C@@H]1CN(C(=O)C2CC23CCN(CCCc2ccccc2)CC3)C[C@H](C)O1. The molecule has 148 valence electrons. The summed E-state index contributed by atoms with van der Waals surface area (Å²) < 4.78 is 5.79. The minimum atomic E-state index is 0.166. The second kappa shape index (κ2) is 7.92. The molecule has 3 atom stereocenters. The van der Waals surface area contributed by atoms with Crippen LogP contribution >= 0.6 is 0 Å². The van der Waals surface area contributed by atoms with Gasteiger partial charge in [-0.3, -0.25) is 4.79 Å². The van der Waals surface area contributed by atoms with Crippen molar-refractivity contribution in [2.24, 2.45) is 11.3 Å². The number of ether oxygens (including phenoxy) is 1. The molecule has 27 heavy (non-hydrogen) atoms. The first kappa shape index (κ1) is 18.9. The van der Waals surface area contributed by atoms with Gasteiger partial charge in [0.05, 0.1) is 12.2 Å². The number of carbonyl (C=O) groups is 1. The third kappa shape index (κ3) is 4.38. The summed E-state index contributed by atoms with van der Waals surface area (Å²) in [6.45, 7) is 9.19. The van der Waals surface area contributed by atoms with Gasteiger partial charge in [0.15, 0.2) is 0 Å². The first-order valence-electron chi connectivity index (χ1n) is 10.8. The summed E-state index contributed by atoms with van der Waals surface area (Å²) in [5, 5.41) is 0. The lowest BCUT2D eigenvalue weighted by atomic mass is 9.90. The van der Waals surface area contributed by atoms with Crippen molar-refractivity contribution in [1.82, 2.24) is 9.80 Å². The van der Waals surface area contributed by atoms with Gasteiger partial charge in [0.2, 0.25) is 5.91 Å². The highest BCUT2D eigenvalue weighted by atomic mass is 16.5. The number of hydrogen-bond acceptors (Lipinski definition) is 3. The van der Waals surface area contributed by atoms with E-state index in [2.05, 4.69) is 54.0 Å². The summed E-state index contributed by atoms with van der Waals surface area (Å²) in [5.74, 6) is 0.677. The minimum absolute atomic E-state index is 0.166. The fraction of sp³-hybridized carbons (Fsp3) is 0.696. The van der Waals surface area contributed by atoms with Crippen LogP contribution in [0.15, 0.2) is 30.3 Å². The number of rotatable bonds is 5. The Kier molecular flexibility index (Phi) is 5.56. The molecule has 4 rings (SSSR count). The molecule has 0 radical (unpaired) electrons. The molecule has 1 aromatic carbocycles. The van der Waals surface area contributed by atoms with E-state index in [1.807, 2.05) is 0 Å². The van der Waals surface area contributed by atoms with Crippen LogP contribution in [0.2, 0.25) is 0 Å². The topological polar surface area (TPSA) is 32.8 Å². The van der Waals surface area contributed by atoms with Gasteiger partial charge in [-0.15, -0.1) is 0 Å².